The maximum absolute atomic E-state index is 11.3. The lowest BCUT2D eigenvalue weighted by atomic mass is 10.1. The predicted molar refractivity (Wildman–Crippen MR) is 55.7 cm³/mol. The van der Waals surface area contributed by atoms with Crippen molar-refractivity contribution in [1.29, 1.82) is 5.26 Å². The highest BCUT2D eigenvalue weighted by atomic mass is 16.6. The Bertz CT molecular complexity index is 518. The van der Waals surface area contributed by atoms with E-state index in [1.165, 1.54) is 19.2 Å². The fourth-order valence-electron chi connectivity index (χ4n) is 1.31. The molecule has 7 heteroatoms. The quantitative estimate of drug-likeness (QED) is 0.444. The van der Waals surface area contributed by atoms with Gasteiger partial charge in [0, 0.05) is 0 Å². The van der Waals surface area contributed by atoms with Crippen LogP contribution in [-0.4, -0.2) is 25.1 Å². The number of nitriles is 1. The minimum absolute atomic E-state index is 0.0841. The zero-order valence-electron chi connectivity index (χ0n) is 9.09. The fraction of sp³-hybridized carbons (Fsp3) is 0.200. The maximum Gasteiger partial charge on any atom is 0.339 e. The third kappa shape index (κ3) is 2.15. The van der Waals surface area contributed by atoms with E-state index in [0.29, 0.717) is 0 Å². The molecular weight excluding hydrogens is 228 g/mol. The van der Waals surface area contributed by atoms with Gasteiger partial charge in [-0.2, -0.15) is 5.26 Å². The first-order chi connectivity index (χ1) is 8.06. The lowest BCUT2D eigenvalue weighted by Crippen LogP contribution is -2.07. The van der Waals surface area contributed by atoms with Crippen molar-refractivity contribution < 1.29 is 19.2 Å². The van der Waals surface area contributed by atoms with Crippen LogP contribution in [0.1, 0.15) is 15.9 Å². The van der Waals surface area contributed by atoms with Gasteiger partial charge in [0.1, 0.15) is 11.6 Å². The topological polar surface area (TPSA) is 102 Å². The lowest BCUT2D eigenvalue weighted by Gasteiger charge is -2.06. The Morgan fingerprint density at radius 3 is 2.53 bits per heavy atom. The second kappa shape index (κ2) is 4.94. The van der Waals surface area contributed by atoms with Crippen LogP contribution in [0.25, 0.3) is 0 Å². The maximum atomic E-state index is 11.3. The second-order valence-corrected chi connectivity index (χ2v) is 2.90. The summed E-state index contributed by atoms with van der Waals surface area (Å²) >= 11 is 0. The third-order valence-electron chi connectivity index (χ3n) is 2.06. The number of methoxy groups -OCH3 is 2. The molecule has 0 atom stereocenters. The van der Waals surface area contributed by atoms with Gasteiger partial charge >= 0.3 is 11.7 Å². The van der Waals surface area contributed by atoms with Crippen LogP contribution >= 0.6 is 0 Å². The molecule has 0 unspecified atom stereocenters. The molecule has 0 radical (unpaired) electrons. The molecule has 0 fully saturated rings. The van der Waals surface area contributed by atoms with E-state index in [2.05, 4.69) is 4.74 Å². The van der Waals surface area contributed by atoms with Gasteiger partial charge in [-0.15, -0.1) is 0 Å². The van der Waals surface area contributed by atoms with Crippen molar-refractivity contribution >= 4 is 11.7 Å². The van der Waals surface area contributed by atoms with Gasteiger partial charge in [-0.1, -0.05) is 0 Å². The number of rotatable bonds is 3. The molecule has 88 valence electrons. The van der Waals surface area contributed by atoms with E-state index in [-0.39, 0.29) is 16.9 Å². The largest absolute Gasteiger partial charge is 0.490 e. The summed E-state index contributed by atoms with van der Waals surface area (Å²) in [7, 11) is 2.36. The van der Waals surface area contributed by atoms with Crippen LogP contribution in [0, 0.1) is 21.4 Å². The van der Waals surface area contributed by atoms with Gasteiger partial charge in [0.15, 0.2) is 5.75 Å². The number of nitro groups is 1. The Labute approximate surface area is 96.3 Å². The highest BCUT2D eigenvalue weighted by Gasteiger charge is 2.27. The van der Waals surface area contributed by atoms with Crippen LogP contribution in [-0.2, 0) is 4.74 Å². The molecule has 1 aromatic carbocycles. The molecule has 17 heavy (non-hydrogen) atoms. The summed E-state index contributed by atoms with van der Waals surface area (Å²) in [5.74, 6) is -0.897. The molecule has 0 amide bonds. The van der Waals surface area contributed by atoms with Gasteiger partial charge in [0.05, 0.1) is 24.7 Å². The van der Waals surface area contributed by atoms with Gasteiger partial charge in [-0.3, -0.25) is 10.1 Å². The third-order valence-corrected chi connectivity index (χ3v) is 2.06. The van der Waals surface area contributed by atoms with Crippen molar-refractivity contribution in [2.45, 2.75) is 0 Å². The van der Waals surface area contributed by atoms with Crippen LogP contribution in [0.15, 0.2) is 12.1 Å². The first-order valence-corrected chi connectivity index (χ1v) is 4.40. The molecule has 0 aliphatic heterocycles. The predicted octanol–water partition coefficient (Wildman–Crippen LogP) is 1.26. The normalized spacial score (nSPS) is 9.24. The van der Waals surface area contributed by atoms with Crippen molar-refractivity contribution in [3.63, 3.8) is 0 Å². The Morgan fingerprint density at radius 1 is 1.47 bits per heavy atom. The molecule has 0 N–H and O–H groups in total. The van der Waals surface area contributed by atoms with Crippen molar-refractivity contribution in [3.05, 3.63) is 33.4 Å². The van der Waals surface area contributed by atoms with E-state index in [9.17, 15) is 14.9 Å². The lowest BCUT2D eigenvalue weighted by molar-refractivity contribution is -0.386. The van der Waals surface area contributed by atoms with Gasteiger partial charge in [-0.25, -0.2) is 4.79 Å². The second-order valence-electron chi connectivity index (χ2n) is 2.90. The number of carbonyl (C=O) groups is 1. The van der Waals surface area contributed by atoms with Gasteiger partial charge in [-0.05, 0) is 12.1 Å². The summed E-state index contributed by atoms with van der Waals surface area (Å²) in [4.78, 5) is 21.4. The number of esters is 1. The van der Waals surface area contributed by atoms with Crippen LogP contribution < -0.4 is 4.74 Å². The van der Waals surface area contributed by atoms with E-state index in [4.69, 9.17) is 10.00 Å². The number of hydrogen-bond donors (Lipinski definition) is 0. The zero-order chi connectivity index (χ0) is 13.0. The van der Waals surface area contributed by atoms with Crippen LogP contribution in [0.3, 0.4) is 0 Å². The van der Waals surface area contributed by atoms with Crippen LogP contribution in [0.4, 0.5) is 5.69 Å². The number of nitro benzene ring substituents is 1. The van der Waals surface area contributed by atoms with Crippen LogP contribution in [0.5, 0.6) is 5.75 Å². The molecule has 0 heterocycles. The summed E-state index contributed by atoms with van der Waals surface area (Å²) in [6.45, 7) is 0. The summed E-state index contributed by atoms with van der Waals surface area (Å²) in [6, 6.07) is 4.10. The highest BCUT2D eigenvalue weighted by Crippen LogP contribution is 2.32. The molecule has 0 aliphatic carbocycles. The first-order valence-electron chi connectivity index (χ1n) is 4.40. The molecule has 0 saturated carbocycles. The highest BCUT2D eigenvalue weighted by molar-refractivity contribution is 5.94. The van der Waals surface area contributed by atoms with E-state index in [0.717, 1.165) is 7.11 Å². The van der Waals surface area contributed by atoms with Gasteiger partial charge in [0.25, 0.3) is 0 Å². The van der Waals surface area contributed by atoms with Crippen LogP contribution in [0.2, 0.25) is 0 Å². The minimum atomic E-state index is -0.813. The number of hydrogen-bond acceptors (Lipinski definition) is 6. The molecule has 0 bridgehead atoms. The van der Waals surface area contributed by atoms with Crippen molar-refractivity contribution in [3.8, 4) is 11.8 Å². The minimum Gasteiger partial charge on any atom is -0.490 e. The molecular formula is C10H8N2O5. The van der Waals surface area contributed by atoms with E-state index in [1.807, 2.05) is 0 Å². The number of benzene rings is 1. The Balaban J connectivity index is 3.59. The van der Waals surface area contributed by atoms with E-state index in [1.54, 1.807) is 6.07 Å². The Morgan fingerprint density at radius 2 is 2.12 bits per heavy atom. The average molecular weight is 236 g/mol. The smallest absolute Gasteiger partial charge is 0.339 e. The average Bonchev–Trinajstić information content (AvgIpc) is 2.35. The van der Waals surface area contributed by atoms with Crippen molar-refractivity contribution in [1.82, 2.24) is 0 Å². The van der Waals surface area contributed by atoms with E-state index >= 15 is 0 Å². The monoisotopic (exact) mass is 236 g/mol. The van der Waals surface area contributed by atoms with Crippen molar-refractivity contribution in [2.75, 3.05) is 14.2 Å². The van der Waals surface area contributed by atoms with Gasteiger partial charge < -0.3 is 9.47 Å². The fourth-order valence-corrected chi connectivity index (χ4v) is 1.31. The Hall–Kier alpha value is -2.62. The van der Waals surface area contributed by atoms with E-state index < -0.39 is 16.6 Å². The summed E-state index contributed by atoms with van der Waals surface area (Å²) in [6.07, 6.45) is 0. The summed E-state index contributed by atoms with van der Waals surface area (Å²) in [5.41, 5.74) is -1.08. The molecule has 7 nitrogen and oxygen atoms in total. The molecule has 0 aliphatic rings. The summed E-state index contributed by atoms with van der Waals surface area (Å²) < 4.78 is 9.21. The standard InChI is InChI=1S/C10H8N2O5/c1-16-8-4-3-6(10(13)17-2)7(5-11)9(8)12(14)15/h3-4H,1-2H3. The van der Waals surface area contributed by atoms with Gasteiger partial charge in [0.2, 0.25) is 0 Å². The first kappa shape index (κ1) is 12.4. The number of carbonyl (C=O) groups excluding carboxylic acids is 1. The Kier molecular flexibility index (Phi) is 3.62. The molecule has 0 aromatic heterocycles. The molecule has 1 rings (SSSR count). The number of ether oxygens (including phenoxy) is 2. The molecule has 1 aromatic rings. The zero-order valence-corrected chi connectivity index (χ0v) is 9.09. The molecule has 0 saturated heterocycles. The number of nitrogens with zero attached hydrogens (tertiary/aromatic N) is 2. The molecule has 0 spiro atoms. The summed E-state index contributed by atoms with van der Waals surface area (Å²) in [5, 5.41) is 19.7. The van der Waals surface area contributed by atoms with Crippen molar-refractivity contribution in [2.24, 2.45) is 0 Å². The SMILES string of the molecule is COC(=O)c1ccc(OC)c([N+](=O)[O-])c1C#N.